The van der Waals surface area contributed by atoms with E-state index in [1.54, 1.807) is 0 Å². The summed E-state index contributed by atoms with van der Waals surface area (Å²) in [5.41, 5.74) is 2.48. The SMILES string of the molecule is O=CC1CCC(c2ccnc3ccccc23)CC1. The minimum Gasteiger partial charge on any atom is -0.303 e. The zero-order valence-electron chi connectivity index (χ0n) is 10.4. The molecular weight excluding hydrogens is 222 g/mol. The predicted molar refractivity (Wildman–Crippen MR) is 72.5 cm³/mol. The Kier molecular flexibility index (Phi) is 3.09. The van der Waals surface area contributed by atoms with Crippen molar-refractivity contribution in [3.63, 3.8) is 0 Å². The largest absolute Gasteiger partial charge is 0.303 e. The summed E-state index contributed by atoms with van der Waals surface area (Å²) in [4.78, 5) is 15.2. The molecule has 2 nitrogen and oxygen atoms in total. The van der Waals surface area contributed by atoms with Crippen LogP contribution < -0.4 is 0 Å². The maximum atomic E-state index is 10.8. The number of fused-ring (bicyclic) bond motifs is 1. The van der Waals surface area contributed by atoms with Crippen LogP contribution in [0, 0.1) is 5.92 Å². The first-order chi connectivity index (χ1) is 8.88. The van der Waals surface area contributed by atoms with Crippen molar-refractivity contribution in [2.45, 2.75) is 31.6 Å². The third kappa shape index (κ3) is 2.03. The molecule has 0 saturated heterocycles. The standard InChI is InChI=1S/C16H17NO/c18-11-12-5-7-13(8-6-12)14-9-10-17-16-4-2-1-3-15(14)16/h1-4,9-13H,5-8H2. The maximum absolute atomic E-state index is 10.8. The lowest BCUT2D eigenvalue weighted by Gasteiger charge is -2.26. The Labute approximate surface area is 107 Å². The molecule has 1 aromatic carbocycles. The van der Waals surface area contributed by atoms with Crippen LogP contribution in [0.25, 0.3) is 10.9 Å². The summed E-state index contributed by atoms with van der Waals surface area (Å²) in [6.45, 7) is 0. The quantitative estimate of drug-likeness (QED) is 0.748. The highest BCUT2D eigenvalue weighted by Crippen LogP contribution is 2.37. The summed E-state index contributed by atoms with van der Waals surface area (Å²) >= 11 is 0. The molecule has 1 aromatic heterocycles. The number of carbonyl (C=O) groups is 1. The van der Waals surface area contributed by atoms with Crippen LogP contribution in [0.1, 0.15) is 37.2 Å². The van der Waals surface area contributed by atoms with E-state index in [1.165, 1.54) is 10.9 Å². The first kappa shape index (κ1) is 11.4. The van der Waals surface area contributed by atoms with Crippen molar-refractivity contribution in [1.29, 1.82) is 0 Å². The highest BCUT2D eigenvalue weighted by atomic mass is 16.1. The van der Waals surface area contributed by atoms with E-state index in [9.17, 15) is 4.79 Å². The number of aromatic nitrogens is 1. The summed E-state index contributed by atoms with van der Waals surface area (Å²) in [7, 11) is 0. The molecule has 0 unspecified atom stereocenters. The summed E-state index contributed by atoms with van der Waals surface area (Å²) in [6.07, 6.45) is 7.34. The smallest absolute Gasteiger partial charge is 0.123 e. The van der Waals surface area contributed by atoms with Gasteiger partial charge in [-0.1, -0.05) is 18.2 Å². The van der Waals surface area contributed by atoms with Crippen LogP contribution in [-0.2, 0) is 4.79 Å². The zero-order valence-corrected chi connectivity index (χ0v) is 10.4. The first-order valence-corrected chi connectivity index (χ1v) is 6.67. The van der Waals surface area contributed by atoms with Crippen molar-refractivity contribution >= 4 is 17.2 Å². The lowest BCUT2D eigenvalue weighted by molar-refractivity contribution is -0.111. The Hall–Kier alpha value is -1.70. The van der Waals surface area contributed by atoms with Gasteiger partial charge in [0, 0.05) is 17.5 Å². The molecule has 0 amide bonds. The fourth-order valence-corrected chi connectivity index (χ4v) is 3.04. The van der Waals surface area contributed by atoms with Crippen LogP contribution >= 0.6 is 0 Å². The molecule has 1 saturated carbocycles. The predicted octanol–water partition coefficient (Wildman–Crippen LogP) is 3.71. The van der Waals surface area contributed by atoms with Crippen LogP contribution in [0.4, 0.5) is 0 Å². The Balaban J connectivity index is 1.93. The number of benzene rings is 1. The van der Waals surface area contributed by atoms with Gasteiger partial charge in [-0.2, -0.15) is 0 Å². The van der Waals surface area contributed by atoms with Crippen molar-refractivity contribution in [1.82, 2.24) is 4.98 Å². The lowest BCUT2D eigenvalue weighted by atomic mass is 9.78. The first-order valence-electron chi connectivity index (χ1n) is 6.67. The average molecular weight is 239 g/mol. The number of hydrogen-bond acceptors (Lipinski definition) is 2. The molecule has 1 aliphatic rings. The summed E-state index contributed by atoms with van der Waals surface area (Å²) in [6, 6.07) is 10.5. The van der Waals surface area contributed by atoms with Gasteiger partial charge in [0.05, 0.1) is 5.52 Å². The Bertz CT molecular complexity index is 551. The van der Waals surface area contributed by atoms with Gasteiger partial charge in [-0.25, -0.2) is 0 Å². The number of aldehydes is 1. The molecule has 3 rings (SSSR count). The van der Waals surface area contributed by atoms with Crippen molar-refractivity contribution in [2.24, 2.45) is 5.92 Å². The summed E-state index contributed by atoms with van der Waals surface area (Å²) < 4.78 is 0. The van der Waals surface area contributed by atoms with Crippen LogP contribution in [-0.4, -0.2) is 11.3 Å². The van der Waals surface area contributed by atoms with Gasteiger partial charge in [0.2, 0.25) is 0 Å². The second-order valence-electron chi connectivity index (χ2n) is 5.17. The highest BCUT2D eigenvalue weighted by molar-refractivity contribution is 5.82. The minimum atomic E-state index is 0.286. The second kappa shape index (κ2) is 4.89. The van der Waals surface area contributed by atoms with Gasteiger partial charge in [0.1, 0.15) is 6.29 Å². The molecule has 0 spiro atoms. The molecule has 1 fully saturated rings. The van der Waals surface area contributed by atoms with Gasteiger partial charge in [-0.3, -0.25) is 4.98 Å². The summed E-state index contributed by atoms with van der Waals surface area (Å²) in [5.74, 6) is 0.878. The normalized spacial score (nSPS) is 24.0. The Morgan fingerprint density at radius 2 is 1.83 bits per heavy atom. The fraction of sp³-hybridized carbons (Fsp3) is 0.375. The van der Waals surface area contributed by atoms with E-state index >= 15 is 0 Å². The van der Waals surface area contributed by atoms with Gasteiger partial charge in [-0.15, -0.1) is 0 Å². The molecule has 0 N–H and O–H groups in total. The van der Waals surface area contributed by atoms with Crippen molar-refractivity contribution in [3.05, 3.63) is 42.1 Å². The second-order valence-corrected chi connectivity index (χ2v) is 5.17. The third-order valence-corrected chi connectivity index (χ3v) is 4.09. The Morgan fingerprint density at radius 3 is 2.61 bits per heavy atom. The molecule has 92 valence electrons. The van der Waals surface area contributed by atoms with E-state index in [4.69, 9.17) is 0 Å². The van der Waals surface area contributed by atoms with Gasteiger partial charge >= 0.3 is 0 Å². The fourth-order valence-electron chi connectivity index (χ4n) is 3.04. The molecule has 0 radical (unpaired) electrons. The minimum absolute atomic E-state index is 0.286. The van der Waals surface area contributed by atoms with Gasteiger partial charge < -0.3 is 4.79 Å². The van der Waals surface area contributed by atoms with E-state index in [-0.39, 0.29) is 5.92 Å². The number of pyridine rings is 1. The zero-order chi connectivity index (χ0) is 12.4. The number of carbonyl (C=O) groups excluding carboxylic acids is 1. The molecule has 1 aliphatic carbocycles. The van der Waals surface area contributed by atoms with E-state index in [2.05, 4.69) is 29.2 Å². The van der Waals surface area contributed by atoms with E-state index in [0.29, 0.717) is 5.92 Å². The Morgan fingerprint density at radius 1 is 1.06 bits per heavy atom. The lowest BCUT2D eigenvalue weighted by Crippen LogP contribution is -2.14. The number of para-hydroxylation sites is 1. The topological polar surface area (TPSA) is 30.0 Å². The van der Waals surface area contributed by atoms with Crippen LogP contribution in [0.5, 0.6) is 0 Å². The monoisotopic (exact) mass is 239 g/mol. The highest BCUT2D eigenvalue weighted by Gasteiger charge is 2.23. The molecule has 1 heterocycles. The molecule has 18 heavy (non-hydrogen) atoms. The van der Waals surface area contributed by atoms with Crippen LogP contribution in [0.3, 0.4) is 0 Å². The molecule has 2 aromatic rings. The van der Waals surface area contributed by atoms with E-state index in [1.807, 2.05) is 12.3 Å². The molecule has 0 aliphatic heterocycles. The van der Waals surface area contributed by atoms with Crippen LogP contribution in [0.2, 0.25) is 0 Å². The molecule has 2 heteroatoms. The summed E-state index contributed by atoms with van der Waals surface area (Å²) in [5, 5.41) is 1.27. The number of rotatable bonds is 2. The number of hydrogen-bond donors (Lipinski definition) is 0. The molecule has 0 atom stereocenters. The molecule has 0 bridgehead atoms. The van der Waals surface area contributed by atoms with Crippen molar-refractivity contribution in [3.8, 4) is 0 Å². The number of nitrogens with zero attached hydrogens (tertiary/aromatic N) is 1. The van der Waals surface area contributed by atoms with Gasteiger partial charge in [-0.05, 0) is 49.3 Å². The van der Waals surface area contributed by atoms with Crippen LogP contribution in [0.15, 0.2) is 36.5 Å². The molecular formula is C16H17NO. The van der Waals surface area contributed by atoms with Crippen molar-refractivity contribution in [2.75, 3.05) is 0 Å². The van der Waals surface area contributed by atoms with E-state index in [0.717, 1.165) is 37.5 Å². The van der Waals surface area contributed by atoms with Gasteiger partial charge in [0.25, 0.3) is 0 Å². The average Bonchev–Trinajstić information content (AvgIpc) is 2.47. The van der Waals surface area contributed by atoms with E-state index < -0.39 is 0 Å². The van der Waals surface area contributed by atoms with Gasteiger partial charge in [0.15, 0.2) is 0 Å². The van der Waals surface area contributed by atoms with Crippen molar-refractivity contribution < 1.29 is 4.79 Å². The maximum Gasteiger partial charge on any atom is 0.123 e. The third-order valence-electron chi connectivity index (χ3n) is 4.09.